The Kier molecular flexibility index (Phi) is 10.1. The zero-order valence-electron chi connectivity index (χ0n) is 23.4. The Balaban J connectivity index is 1.48. The molecule has 2 fully saturated rings. The number of nitrogens with zero attached hydrogens (tertiary/aromatic N) is 3. The Hall–Kier alpha value is -2.43. The highest BCUT2D eigenvalue weighted by molar-refractivity contribution is 8.02. The van der Waals surface area contributed by atoms with Gasteiger partial charge in [-0.25, -0.2) is 18.2 Å². The lowest BCUT2D eigenvalue weighted by Crippen LogP contribution is -2.40. The van der Waals surface area contributed by atoms with Gasteiger partial charge in [0.2, 0.25) is 0 Å². The molecule has 17 heteroatoms. The Bertz CT molecular complexity index is 1630. The van der Waals surface area contributed by atoms with Gasteiger partial charge < -0.3 is 19.4 Å². The number of pyridine rings is 1. The van der Waals surface area contributed by atoms with Crippen LogP contribution in [0.1, 0.15) is 40.8 Å². The van der Waals surface area contributed by atoms with Crippen LogP contribution in [0, 0.1) is 25.0 Å². The molecular formula is C27H27Cl2F2N3O7S3. The van der Waals surface area contributed by atoms with Crippen LogP contribution in [0.3, 0.4) is 0 Å². The summed E-state index contributed by atoms with van der Waals surface area (Å²) in [7, 11) is -4.07. The molecule has 0 amide bonds. The minimum atomic E-state index is -4.07. The third-order valence-corrected chi connectivity index (χ3v) is 12.4. The molecule has 1 aliphatic carbocycles. The SMILES string of the molecule is Cc1nc(C)c(S(=O)(=O)N2CCS[C@H]2C(=O)O[C@@H](Cc2c(Cl)c[n+]([O-])cc2Cl)c2ccc(OC(F)F)c(OCC3CC3)c2)s1. The van der Waals surface area contributed by atoms with Crippen LogP contribution in [-0.4, -0.2) is 54.6 Å². The molecule has 0 N–H and O–H groups in total. The number of carbonyl (C=O) groups is 1. The topological polar surface area (TPSA) is 122 Å². The number of halogens is 4. The number of alkyl halides is 2. The highest BCUT2D eigenvalue weighted by atomic mass is 35.5. The quantitative estimate of drug-likeness (QED) is 0.133. The summed E-state index contributed by atoms with van der Waals surface area (Å²) in [5.74, 6) is -0.384. The average Bonchev–Trinajstić information content (AvgIpc) is 3.50. The van der Waals surface area contributed by atoms with Gasteiger partial charge in [0.25, 0.3) is 10.0 Å². The van der Waals surface area contributed by atoms with E-state index in [1.807, 2.05) is 0 Å². The zero-order valence-corrected chi connectivity index (χ0v) is 27.3. The van der Waals surface area contributed by atoms with E-state index in [4.69, 9.17) is 32.7 Å². The largest absolute Gasteiger partial charge is 0.619 e. The van der Waals surface area contributed by atoms with Gasteiger partial charge in [0.1, 0.15) is 16.1 Å². The van der Waals surface area contributed by atoms with Crippen molar-refractivity contribution >= 4 is 62.3 Å². The summed E-state index contributed by atoms with van der Waals surface area (Å²) in [5.41, 5.74) is 0.942. The van der Waals surface area contributed by atoms with Gasteiger partial charge in [-0.05, 0) is 50.3 Å². The fourth-order valence-corrected chi connectivity index (χ4v) is 9.85. The van der Waals surface area contributed by atoms with Gasteiger partial charge in [-0.3, -0.25) is 0 Å². The number of aromatic nitrogens is 2. The number of benzene rings is 1. The van der Waals surface area contributed by atoms with Crippen molar-refractivity contribution in [3.8, 4) is 11.5 Å². The number of ether oxygens (including phenoxy) is 3. The molecule has 2 aromatic heterocycles. The molecule has 1 aromatic carbocycles. The molecule has 3 heterocycles. The molecular weight excluding hydrogens is 683 g/mol. The van der Waals surface area contributed by atoms with E-state index in [1.165, 1.54) is 18.2 Å². The molecule has 1 saturated carbocycles. The summed E-state index contributed by atoms with van der Waals surface area (Å²) in [6, 6.07) is 4.13. The number of carbonyl (C=O) groups excluding carboxylic acids is 1. The van der Waals surface area contributed by atoms with E-state index in [0.29, 0.717) is 32.7 Å². The fraction of sp³-hybridized carbons (Fsp3) is 0.444. The number of rotatable bonds is 12. The van der Waals surface area contributed by atoms with Gasteiger partial charge in [-0.1, -0.05) is 29.3 Å². The highest BCUT2D eigenvalue weighted by Gasteiger charge is 2.43. The molecule has 0 radical (unpaired) electrons. The maximum atomic E-state index is 13.7. The minimum Gasteiger partial charge on any atom is -0.619 e. The standard InChI is InChI=1S/C27H27Cl2F2N3O7S3/c1-14-26(43-15(2)32-14)44(37,38)34-7-8-42-24(34)25(35)40-22(10-18-19(28)11-33(36)12-20(18)29)17-5-6-21(41-27(30)31)23(9-17)39-13-16-3-4-16/h5-6,9,11-12,16,22,24,27H,3-4,7-8,10,13H2,1-2H3/t22-,24-/m0/s1. The van der Waals surface area contributed by atoms with E-state index in [-0.39, 0.29) is 50.9 Å². The lowest BCUT2D eigenvalue weighted by molar-refractivity contribution is -0.605. The monoisotopic (exact) mass is 709 g/mol. The van der Waals surface area contributed by atoms with Crippen molar-refractivity contribution < 1.29 is 40.9 Å². The fourth-order valence-electron chi connectivity index (χ4n) is 4.61. The van der Waals surface area contributed by atoms with Gasteiger partial charge in [-0.15, -0.1) is 23.1 Å². The van der Waals surface area contributed by atoms with Gasteiger partial charge >= 0.3 is 12.6 Å². The van der Waals surface area contributed by atoms with Crippen LogP contribution in [0.15, 0.2) is 34.8 Å². The first-order valence-electron chi connectivity index (χ1n) is 13.4. The van der Waals surface area contributed by atoms with Gasteiger partial charge in [-0.2, -0.15) is 17.8 Å². The number of hydrogen-bond acceptors (Lipinski definition) is 10. The molecule has 3 aromatic rings. The van der Waals surface area contributed by atoms with Gasteiger partial charge in [0.05, 0.1) is 17.3 Å². The van der Waals surface area contributed by atoms with E-state index >= 15 is 0 Å². The first-order valence-corrected chi connectivity index (χ1v) is 17.5. The van der Waals surface area contributed by atoms with Crippen LogP contribution in [0.5, 0.6) is 11.5 Å². The van der Waals surface area contributed by atoms with Crippen molar-refractivity contribution in [2.24, 2.45) is 5.92 Å². The molecule has 2 aliphatic rings. The third-order valence-electron chi connectivity index (χ3n) is 6.89. The number of hydrogen-bond donors (Lipinski definition) is 0. The normalized spacial score (nSPS) is 18.0. The highest BCUT2D eigenvalue weighted by Crippen LogP contribution is 2.40. The number of sulfonamides is 1. The summed E-state index contributed by atoms with van der Waals surface area (Å²) in [6.07, 6.45) is 2.82. The average molecular weight is 711 g/mol. The Morgan fingerprint density at radius 2 is 1.91 bits per heavy atom. The predicted molar refractivity (Wildman–Crippen MR) is 161 cm³/mol. The molecule has 44 heavy (non-hydrogen) atoms. The molecule has 5 rings (SSSR count). The van der Waals surface area contributed by atoms with Crippen molar-refractivity contribution in [2.45, 2.75) is 55.4 Å². The molecule has 0 unspecified atom stereocenters. The number of aryl methyl sites for hydroxylation is 2. The van der Waals surface area contributed by atoms with Crippen molar-refractivity contribution in [1.82, 2.24) is 9.29 Å². The lowest BCUT2D eigenvalue weighted by atomic mass is 10.0. The van der Waals surface area contributed by atoms with E-state index in [1.54, 1.807) is 13.8 Å². The van der Waals surface area contributed by atoms with Crippen LogP contribution >= 0.6 is 46.3 Å². The molecule has 0 bridgehead atoms. The zero-order chi connectivity index (χ0) is 31.8. The van der Waals surface area contributed by atoms with Crippen LogP contribution in [-0.2, 0) is 26.0 Å². The van der Waals surface area contributed by atoms with Crippen LogP contribution in [0.4, 0.5) is 8.78 Å². The molecule has 1 saturated heterocycles. The number of thioether (sulfide) groups is 1. The maximum Gasteiger partial charge on any atom is 0.387 e. The van der Waals surface area contributed by atoms with Crippen LogP contribution in [0.2, 0.25) is 10.0 Å². The first kappa shape index (κ1) is 32.9. The van der Waals surface area contributed by atoms with E-state index in [9.17, 15) is 27.2 Å². The maximum absolute atomic E-state index is 13.7. The van der Waals surface area contributed by atoms with Crippen LogP contribution < -0.4 is 14.2 Å². The van der Waals surface area contributed by atoms with Crippen molar-refractivity contribution in [3.63, 3.8) is 0 Å². The summed E-state index contributed by atoms with van der Waals surface area (Å²) in [6.45, 7) is 0.547. The Morgan fingerprint density at radius 1 is 1.20 bits per heavy atom. The van der Waals surface area contributed by atoms with Crippen molar-refractivity contribution in [1.29, 1.82) is 0 Å². The lowest BCUT2D eigenvalue weighted by Gasteiger charge is -2.25. The third kappa shape index (κ3) is 7.50. The second-order valence-electron chi connectivity index (χ2n) is 10.2. The van der Waals surface area contributed by atoms with E-state index in [0.717, 1.165) is 52.6 Å². The summed E-state index contributed by atoms with van der Waals surface area (Å²) >= 11 is 14.8. The molecule has 238 valence electrons. The molecule has 2 atom stereocenters. The van der Waals surface area contributed by atoms with Gasteiger partial charge in [0, 0.05) is 24.3 Å². The second kappa shape index (κ2) is 13.5. The summed E-state index contributed by atoms with van der Waals surface area (Å²) < 4.78 is 71.4. The molecule has 10 nitrogen and oxygen atoms in total. The molecule has 1 aliphatic heterocycles. The predicted octanol–water partition coefficient (Wildman–Crippen LogP) is 5.68. The first-order chi connectivity index (χ1) is 20.8. The second-order valence-corrected chi connectivity index (χ2v) is 15.5. The van der Waals surface area contributed by atoms with E-state index < -0.39 is 34.1 Å². The van der Waals surface area contributed by atoms with Crippen molar-refractivity contribution in [3.05, 3.63) is 67.7 Å². The van der Waals surface area contributed by atoms with Gasteiger partial charge in [0.15, 0.2) is 33.5 Å². The van der Waals surface area contributed by atoms with Crippen molar-refractivity contribution in [2.75, 3.05) is 18.9 Å². The number of thiazole rings is 1. The smallest absolute Gasteiger partial charge is 0.387 e. The Labute approximate surface area is 270 Å². The molecule has 0 spiro atoms. The van der Waals surface area contributed by atoms with E-state index in [2.05, 4.69) is 9.72 Å². The summed E-state index contributed by atoms with van der Waals surface area (Å²) in [4.78, 5) is 17.9. The minimum absolute atomic E-state index is 0.00638. The number of esters is 1. The Morgan fingerprint density at radius 3 is 2.52 bits per heavy atom. The summed E-state index contributed by atoms with van der Waals surface area (Å²) in [5, 5.41) is 11.2. The van der Waals surface area contributed by atoms with Crippen LogP contribution in [0.25, 0.3) is 0 Å².